The number of nitrogens with two attached hydrogens (primary N) is 4. The molecule has 0 aliphatic heterocycles. The number of primary amides is 2. The van der Waals surface area contributed by atoms with Crippen molar-refractivity contribution in [3.05, 3.63) is 112 Å². The van der Waals surface area contributed by atoms with E-state index in [1.165, 1.54) is 21.6 Å². The van der Waals surface area contributed by atoms with Crippen molar-refractivity contribution in [3.63, 3.8) is 0 Å². The molecule has 12 N–H and O–H groups in total. The van der Waals surface area contributed by atoms with E-state index in [1.54, 1.807) is 62.8 Å². The van der Waals surface area contributed by atoms with Crippen LogP contribution in [-0.4, -0.2) is 127 Å². The van der Waals surface area contributed by atoms with Crippen LogP contribution in [0.25, 0.3) is 0 Å². The second kappa shape index (κ2) is 68.5. The fourth-order valence-electron chi connectivity index (χ4n) is 3.37. The summed E-state index contributed by atoms with van der Waals surface area (Å²) in [6.45, 7) is 16.3. The molecule has 0 spiro atoms. The van der Waals surface area contributed by atoms with Crippen LogP contribution in [0.3, 0.4) is 0 Å². The Bertz CT molecular complexity index is 1940. The van der Waals surface area contributed by atoms with Gasteiger partial charge in [-0.05, 0) is 80.8 Å². The molecule has 0 heterocycles. The number of hydrogen-bond acceptors (Lipinski definition) is 26. The van der Waals surface area contributed by atoms with Crippen LogP contribution in [0.4, 0.5) is 9.59 Å². The molecule has 3 aromatic rings. The smallest absolute Gasteiger partial charge is 0.404 e. The number of aliphatic hydroxyl groups excluding tert-OH is 1. The number of phenolic OH excluding ortho intramolecular Hbond substituents is 1. The maximum absolute atomic E-state index is 10.6. The van der Waals surface area contributed by atoms with Crippen molar-refractivity contribution in [2.24, 2.45) is 22.9 Å². The van der Waals surface area contributed by atoms with Crippen molar-refractivity contribution in [2.45, 2.75) is 104 Å². The summed E-state index contributed by atoms with van der Waals surface area (Å²) in [5, 5.41) is 34.6. The number of phenols is 1. The fraction of sp³-hybridized carbons (Fsp3) is 0.429. The molecule has 467 valence electrons. The molecule has 33 heteroatoms. The van der Waals surface area contributed by atoms with Crippen molar-refractivity contribution in [2.75, 3.05) is 37.1 Å². The molecule has 20 nitrogen and oxygen atoms in total. The average molecular weight is 1570 g/mol. The number of thiol groups is 6. The summed E-state index contributed by atoms with van der Waals surface area (Å²) < 4.78 is 21.4. The van der Waals surface area contributed by atoms with Gasteiger partial charge in [0.05, 0.1) is 13.2 Å². The largest absolute Gasteiger partial charge is 0.508 e. The number of ether oxygens (including phenoxy) is 5. The Morgan fingerprint density at radius 3 is 1.15 bits per heavy atom. The first kappa shape index (κ1) is 107. The minimum atomic E-state index is -0.998. The summed E-state index contributed by atoms with van der Waals surface area (Å²) in [6, 6.07) is 19.5. The summed E-state index contributed by atoms with van der Waals surface area (Å²) in [5.41, 5.74) is 22.9. The monoisotopic (exact) mass is 1570 g/mol. The van der Waals surface area contributed by atoms with E-state index >= 15 is 0 Å². The van der Waals surface area contributed by atoms with Crippen molar-refractivity contribution >= 4 is 161 Å². The van der Waals surface area contributed by atoms with Crippen LogP contribution in [0.15, 0.2) is 82.6 Å². The van der Waals surface area contributed by atoms with E-state index in [1.807, 2.05) is 48.5 Å². The van der Waals surface area contributed by atoms with Gasteiger partial charge < -0.3 is 89.3 Å². The van der Waals surface area contributed by atoms with Crippen LogP contribution in [0, 0.1) is 22.3 Å². The first-order chi connectivity index (χ1) is 35.4. The summed E-state index contributed by atoms with van der Waals surface area (Å²) in [4.78, 5) is 71.5. The Morgan fingerprint density at radius 1 is 0.573 bits per heavy atom. The predicted octanol–water partition coefficient (Wildman–Crippen LogP) is 9.40. The number of carboxylic acids is 2. The fourth-order valence-corrected chi connectivity index (χ4v) is 6.78. The molecule has 2 amide bonds. The van der Waals surface area contributed by atoms with E-state index in [0.29, 0.717) is 61.2 Å². The molecule has 0 aliphatic rings. The second-order valence-electron chi connectivity index (χ2n) is 15.8. The number of aliphatic hydroxyl groups is 1. The van der Waals surface area contributed by atoms with Crippen LogP contribution >= 0.6 is 117 Å². The number of carbonyl (C=O) groups excluding carboxylic acids is 5. The van der Waals surface area contributed by atoms with Gasteiger partial charge in [0.2, 0.25) is 0 Å². The van der Waals surface area contributed by atoms with Gasteiger partial charge in [-0.25, -0.2) is 9.59 Å². The molecular formula is C49H83N4O16S10Y3-3. The van der Waals surface area contributed by atoms with Crippen LogP contribution in [0.2, 0.25) is 0 Å². The minimum Gasteiger partial charge on any atom is -0.508 e. The van der Waals surface area contributed by atoms with E-state index in [-0.39, 0.29) is 146 Å². The zero-order chi connectivity index (χ0) is 59.8. The molecule has 3 rings (SSSR count). The zero-order valence-corrected chi connectivity index (χ0v) is 64.9. The van der Waals surface area contributed by atoms with E-state index in [2.05, 4.69) is 124 Å². The molecule has 0 saturated heterocycles. The average Bonchev–Trinajstić information content (AvgIpc) is 3.37. The van der Waals surface area contributed by atoms with Gasteiger partial charge >= 0.3 is 24.1 Å². The Balaban J connectivity index is -0.0000000782. The second-order valence-corrected chi connectivity index (χ2v) is 24.5. The summed E-state index contributed by atoms with van der Waals surface area (Å²) >= 11 is 23.7. The number of carbonyl (C=O) groups is 7. The van der Waals surface area contributed by atoms with Crippen molar-refractivity contribution in [3.8, 4) is 5.75 Å². The third kappa shape index (κ3) is 74.3. The molecule has 82 heavy (non-hydrogen) atoms. The molecule has 0 aromatic heterocycles. The number of hydrogen-bond donors (Lipinski definition) is 14. The molecule has 0 fully saturated rings. The van der Waals surface area contributed by atoms with Crippen molar-refractivity contribution < 1.29 is 176 Å². The van der Waals surface area contributed by atoms with Crippen LogP contribution in [0.5, 0.6) is 5.75 Å². The third-order valence-corrected chi connectivity index (χ3v) is 16.0. The number of amides is 2. The topological polar surface area (TPSA) is 351 Å². The standard InChI is InChI=1S/C8H9NO2S.C8H8O3.C8H8O2S.C7H15NO3S2.C5H11NO2S2.C4H10S2.C3H7NO2S.C3H6O2S.3CH3.3Y/c9-8(10)11-5-6-1-3-7(12)4-2-6;9-6-11-5-7-1-3-8(10)4-2-7;9-6-10-5-7-1-3-8(11)4-2-7;1-7(2,5(8)6(10)11)13-12-4-3-9;1-5(2,10-9)3(6)4(7)8;1-4(2,3)6-5;4-3(5)6-1-2-7;4-3-5-1-2-6;;;;;;/h1-4,12H,5H2,(H2,9,10);1-4,6,10H,5H2;1-4,6,11H,5H2;5,9H,3-4,8H2,1-2H3,(H,10,11);3,9H,6H2,1-2H3,(H,7,8);5H,1-3H3;7H,1-2H2,(H2,4,5);3,6H,1-2H2;3*1H3;;;/q;;;;;;;;3*-1;;;. The minimum absolute atomic E-state index is 0. The van der Waals surface area contributed by atoms with Gasteiger partial charge in [-0.15, -0.1) is 48.6 Å². The molecule has 0 bridgehead atoms. The number of rotatable bonds is 22. The molecule has 3 aromatic carbocycles. The number of aliphatic carboxylic acids is 2. The molecule has 0 saturated carbocycles. The Hall–Kier alpha value is 0.0417. The molecular weight excluding hydrogens is 1490 g/mol. The normalized spacial score (nSPS) is 10.0. The predicted molar refractivity (Wildman–Crippen MR) is 345 cm³/mol. The van der Waals surface area contributed by atoms with Crippen molar-refractivity contribution in [1.29, 1.82) is 0 Å². The molecule has 2 unspecified atom stereocenters. The van der Waals surface area contributed by atoms with Crippen LogP contribution in [0.1, 0.15) is 65.2 Å². The number of aromatic hydroxyl groups is 1. The SMILES string of the molecule is CC(C)(C)SS.CC(C)(SS)C(N)C(=O)O.CC(C)(SSCCO)C(N)C(=O)O.NC(=O)OCCS.NC(=O)OCc1ccc(S)cc1.O=COCCS.O=COCc1ccc(O)cc1.O=COCc1ccc(S)cc1.[CH3-].[CH3-].[CH3-].[Y].[Y].[Y]. The van der Waals surface area contributed by atoms with E-state index in [4.69, 9.17) is 37.6 Å². The van der Waals surface area contributed by atoms with Crippen LogP contribution in [-0.2, 0) is 166 Å². The Kier molecular flexibility index (Phi) is 89.2. The Labute approximate surface area is 610 Å². The summed E-state index contributed by atoms with van der Waals surface area (Å²) in [5.74, 6) is -0.0873. The van der Waals surface area contributed by atoms with Gasteiger partial charge in [-0.2, -0.15) is 25.3 Å². The molecule has 0 aliphatic carbocycles. The van der Waals surface area contributed by atoms with Gasteiger partial charge in [0.15, 0.2) is 0 Å². The summed E-state index contributed by atoms with van der Waals surface area (Å²) in [6.07, 6.45) is -1.50. The van der Waals surface area contributed by atoms with Crippen molar-refractivity contribution in [1.82, 2.24) is 0 Å². The first-order valence-corrected chi connectivity index (χ1v) is 29.7. The number of benzene rings is 3. The van der Waals surface area contributed by atoms with Gasteiger partial charge in [0, 0.05) is 139 Å². The summed E-state index contributed by atoms with van der Waals surface area (Å²) in [7, 11) is 5.55. The van der Waals surface area contributed by atoms with E-state index in [0.717, 1.165) is 37.3 Å². The Morgan fingerprint density at radius 2 is 0.902 bits per heavy atom. The zero-order valence-electron chi connectivity index (χ0n) is 47.7. The van der Waals surface area contributed by atoms with E-state index < -0.39 is 45.7 Å². The van der Waals surface area contributed by atoms with Gasteiger partial charge in [-0.1, -0.05) is 100 Å². The first-order valence-electron chi connectivity index (χ1n) is 21.5. The number of carboxylic acid groups (broad SMARTS) is 2. The molecule has 2 atom stereocenters. The van der Waals surface area contributed by atoms with Crippen LogP contribution < -0.4 is 22.9 Å². The quantitative estimate of drug-likeness (QED) is 0.0111. The maximum atomic E-state index is 10.6. The molecule has 3 radical (unpaired) electrons. The van der Waals surface area contributed by atoms with E-state index in [9.17, 15) is 33.6 Å². The van der Waals surface area contributed by atoms with Gasteiger partial charge in [0.25, 0.3) is 19.4 Å². The maximum Gasteiger partial charge on any atom is 0.404 e. The van der Waals surface area contributed by atoms with Gasteiger partial charge in [-0.3, -0.25) is 24.0 Å². The third-order valence-electron chi connectivity index (χ3n) is 7.43. The van der Waals surface area contributed by atoms with Gasteiger partial charge in [0.1, 0.15) is 44.3 Å².